The van der Waals surface area contributed by atoms with Crippen molar-refractivity contribution in [2.45, 2.75) is 44.2 Å². The van der Waals surface area contributed by atoms with Crippen molar-refractivity contribution in [2.75, 3.05) is 17.8 Å². The molecule has 2 aromatic heterocycles. The minimum Gasteiger partial charge on any atom is -0.472 e. The van der Waals surface area contributed by atoms with Crippen LogP contribution in [0.4, 0.5) is 10.7 Å². The van der Waals surface area contributed by atoms with Crippen LogP contribution < -0.4 is 14.8 Å². The summed E-state index contributed by atoms with van der Waals surface area (Å²) in [7, 11) is -2.24. The second-order valence-corrected chi connectivity index (χ2v) is 10.7. The molecule has 1 fully saturated rings. The fourth-order valence-electron chi connectivity index (χ4n) is 4.62. The van der Waals surface area contributed by atoms with Gasteiger partial charge in [-0.1, -0.05) is 18.2 Å². The molecule has 11 heteroatoms. The van der Waals surface area contributed by atoms with E-state index in [1.54, 1.807) is 22.6 Å². The first kappa shape index (κ1) is 23.2. The van der Waals surface area contributed by atoms with Gasteiger partial charge in [0.1, 0.15) is 11.0 Å². The van der Waals surface area contributed by atoms with Gasteiger partial charge in [0.25, 0.3) is 10.0 Å². The predicted octanol–water partition coefficient (Wildman–Crippen LogP) is 2.97. The van der Waals surface area contributed by atoms with E-state index in [0.29, 0.717) is 24.5 Å². The molecule has 5 rings (SSSR count). The molecule has 2 aliphatic rings. The fraction of sp³-hybridized carbons (Fsp3) is 0.375. The van der Waals surface area contributed by atoms with Gasteiger partial charge in [0.15, 0.2) is 0 Å². The number of benzene rings is 1. The number of anilines is 1. The van der Waals surface area contributed by atoms with Crippen molar-refractivity contribution in [2.24, 2.45) is 7.05 Å². The maximum Gasteiger partial charge on any atom is 0.317 e. The Hall–Kier alpha value is -3.60. The molecule has 10 nitrogen and oxygen atoms in total. The van der Waals surface area contributed by atoms with Gasteiger partial charge < -0.3 is 19.5 Å². The molecule has 1 aromatic carbocycles. The molecule has 0 radical (unpaired) electrons. The van der Waals surface area contributed by atoms with Crippen LogP contribution in [0, 0.1) is 13.8 Å². The molecule has 6 bridgehead atoms. The topological polar surface area (TPSA) is 118 Å². The van der Waals surface area contributed by atoms with Crippen molar-refractivity contribution in [3.63, 3.8) is 0 Å². The Morgan fingerprint density at radius 3 is 2.69 bits per heavy atom. The average Bonchev–Trinajstić information content (AvgIpc) is 3.18. The maximum atomic E-state index is 13.2. The van der Waals surface area contributed by atoms with Crippen LogP contribution in [-0.2, 0) is 23.6 Å². The third-order valence-corrected chi connectivity index (χ3v) is 7.73. The van der Waals surface area contributed by atoms with Gasteiger partial charge in [-0.2, -0.15) is 4.98 Å². The SMILES string of the molecule is Cc1cccc(C)c1-c1cc2nc(n1)NS(=O)(=O)c1cc(n(C)c1)CNC(=O)N1CCCC(C1)O2. The van der Waals surface area contributed by atoms with Crippen LogP contribution in [0.25, 0.3) is 11.3 Å². The Labute approximate surface area is 204 Å². The Bertz CT molecular complexity index is 1380. The standard InChI is InChI=1S/C24H28N6O4S/c1-15-6-4-7-16(2)22(15)20-11-21-27-23(26-20)28-35(32,33)19-10-17(29(3)14-19)12-25-24(31)30-9-5-8-18(13-30)34-21/h4,6-7,10-11,14,18H,5,8-9,12-13H2,1-3H3,(H,25,31)(H,26,27,28). The summed E-state index contributed by atoms with van der Waals surface area (Å²) in [6, 6.07) is 8.98. The van der Waals surface area contributed by atoms with Crippen LogP contribution in [0.2, 0.25) is 0 Å². The smallest absolute Gasteiger partial charge is 0.317 e. The first-order valence-electron chi connectivity index (χ1n) is 11.5. The Kier molecular flexibility index (Phi) is 5.87. The molecule has 1 unspecified atom stereocenters. The van der Waals surface area contributed by atoms with Crippen molar-refractivity contribution in [3.8, 4) is 17.1 Å². The summed E-state index contributed by atoms with van der Waals surface area (Å²) in [6.07, 6.45) is 2.78. The molecule has 3 aromatic rings. The minimum atomic E-state index is -3.98. The number of carbonyl (C=O) groups excluding carboxylic acids is 1. The lowest BCUT2D eigenvalue weighted by Crippen LogP contribution is -2.48. The Balaban J connectivity index is 1.63. The van der Waals surface area contributed by atoms with Crippen LogP contribution in [0.1, 0.15) is 29.7 Å². The zero-order chi connectivity index (χ0) is 24.7. The normalized spacial score (nSPS) is 19.6. The van der Waals surface area contributed by atoms with E-state index in [0.717, 1.165) is 29.5 Å². The lowest BCUT2D eigenvalue weighted by atomic mass is 10.00. The molecular formula is C24H28N6O4S. The summed E-state index contributed by atoms with van der Waals surface area (Å²) < 4.78 is 36.8. The van der Waals surface area contributed by atoms with Crippen LogP contribution in [0.5, 0.6) is 5.88 Å². The molecule has 0 aliphatic carbocycles. The molecular weight excluding hydrogens is 468 g/mol. The Morgan fingerprint density at radius 2 is 1.91 bits per heavy atom. The number of hydrogen-bond acceptors (Lipinski definition) is 6. The fourth-order valence-corrected chi connectivity index (χ4v) is 5.66. The van der Waals surface area contributed by atoms with Gasteiger partial charge in [-0.15, -0.1) is 0 Å². The van der Waals surface area contributed by atoms with E-state index in [4.69, 9.17) is 4.74 Å². The number of hydrogen-bond donors (Lipinski definition) is 2. The van der Waals surface area contributed by atoms with Gasteiger partial charge in [-0.05, 0) is 43.9 Å². The summed E-state index contributed by atoms with van der Waals surface area (Å²) in [6.45, 7) is 5.20. The van der Waals surface area contributed by atoms with E-state index in [1.807, 2.05) is 32.0 Å². The molecule has 0 spiro atoms. The number of urea groups is 1. The summed E-state index contributed by atoms with van der Waals surface area (Å²) >= 11 is 0. The van der Waals surface area contributed by atoms with Crippen molar-refractivity contribution >= 4 is 22.0 Å². The van der Waals surface area contributed by atoms with Gasteiger partial charge >= 0.3 is 6.03 Å². The third kappa shape index (κ3) is 4.68. The lowest BCUT2D eigenvalue weighted by molar-refractivity contribution is 0.0977. The summed E-state index contributed by atoms with van der Waals surface area (Å²) in [5, 5.41) is 2.89. The first-order chi connectivity index (χ1) is 16.7. The minimum absolute atomic E-state index is 0.0571. The highest BCUT2D eigenvalue weighted by Gasteiger charge is 2.27. The second-order valence-electron chi connectivity index (χ2n) is 9.05. The number of piperidine rings is 1. The number of rotatable bonds is 1. The number of aromatic nitrogens is 3. The van der Waals surface area contributed by atoms with E-state index in [1.165, 1.54) is 12.3 Å². The number of nitrogens with one attached hydrogen (secondary N) is 2. The quantitative estimate of drug-likeness (QED) is 0.535. The zero-order valence-electron chi connectivity index (χ0n) is 19.9. The average molecular weight is 497 g/mol. The monoisotopic (exact) mass is 496 g/mol. The zero-order valence-corrected chi connectivity index (χ0v) is 20.7. The van der Waals surface area contributed by atoms with Gasteiger partial charge in [0, 0.05) is 37.1 Å². The molecule has 1 atom stereocenters. The van der Waals surface area contributed by atoms with Crippen molar-refractivity contribution < 1.29 is 17.9 Å². The van der Waals surface area contributed by atoms with Gasteiger partial charge in [-0.25, -0.2) is 22.9 Å². The van der Waals surface area contributed by atoms with Crippen LogP contribution in [0.15, 0.2) is 41.4 Å². The predicted molar refractivity (Wildman–Crippen MR) is 131 cm³/mol. The number of fused-ring (bicyclic) bond motifs is 6. The molecule has 2 aliphatic heterocycles. The number of sulfonamides is 1. The highest BCUT2D eigenvalue weighted by molar-refractivity contribution is 7.92. The van der Waals surface area contributed by atoms with Crippen LogP contribution >= 0.6 is 0 Å². The molecule has 2 amide bonds. The van der Waals surface area contributed by atoms with E-state index < -0.39 is 10.0 Å². The number of ether oxygens (including phenoxy) is 1. The van der Waals surface area contributed by atoms with E-state index >= 15 is 0 Å². The molecule has 35 heavy (non-hydrogen) atoms. The van der Waals surface area contributed by atoms with Gasteiger partial charge in [-0.3, -0.25) is 0 Å². The van der Waals surface area contributed by atoms with Crippen molar-refractivity contribution in [1.82, 2.24) is 24.8 Å². The lowest BCUT2D eigenvalue weighted by Gasteiger charge is -2.32. The maximum absolute atomic E-state index is 13.2. The highest BCUT2D eigenvalue weighted by Crippen LogP contribution is 2.30. The van der Waals surface area contributed by atoms with E-state index in [2.05, 4.69) is 20.0 Å². The first-order valence-corrected chi connectivity index (χ1v) is 13.0. The van der Waals surface area contributed by atoms with Gasteiger partial charge in [0.05, 0.1) is 18.8 Å². The number of amides is 2. The number of nitrogens with zero attached hydrogens (tertiary/aromatic N) is 4. The van der Waals surface area contributed by atoms with Crippen molar-refractivity contribution in [3.05, 3.63) is 53.3 Å². The van der Waals surface area contributed by atoms with Crippen molar-refractivity contribution in [1.29, 1.82) is 0 Å². The number of carbonyl (C=O) groups is 1. The molecule has 4 heterocycles. The Morgan fingerprint density at radius 1 is 1.14 bits per heavy atom. The third-order valence-electron chi connectivity index (χ3n) is 6.43. The second kappa shape index (κ2) is 8.88. The molecule has 1 saturated heterocycles. The largest absolute Gasteiger partial charge is 0.472 e. The van der Waals surface area contributed by atoms with E-state index in [9.17, 15) is 13.2 Å². The van der Waals surface area contributed by atoms with E-state index in [-0.39, 0.29) is 35.4 Å². The van der Waals surface area contributed by atoms with Crippen LogP contribution in [-0.4, -0.2) is 53.1 Å². The molecule has 184 valence electrons. The summed E-state index contributed by atoms with van der Waals surface area (Å²) in [5.41, 5.74) is 4.12. The number of aryl methyl sites for hydroxylation is 3. The summed E-state index contributed by atoms with van der Waals surface area (Å²) in [4.78, 5) is 23.5. The van der Waals surface area contributed by atoms with Crippen LogP contribution in [0.3, 0.4) is 0 Å². The molecule has 2 N–H and O–H groups in total. The molecule has 0 saturated carbocycles. The summed E-state index contributed by atoms with van der Waals surface area (Å²) in [5.74, 6) is 0.188. The highest BCUT2D eigenvalue weighted by atomic mass is 32.2. The van der Waals surface area contributed by atoms with Gasteiger partial charge in [0.2, 0.25) is 11.8 Å².